The molecule has 0 unspecified atom stereocenters. The van der Waals surface area contributed by atoms with Crippen molar-refractivity contribution in [2.45, 2.75) is 45.2 Å². The maximum atomic E-state index is 11.9. The summed E-state index contributed by atoms with van der Waals surface area (Å²) in [5.74, 6) is 0.416. The molecule has 25 heavy (non-hydrogen) atoms. The van der Waals surface area contributed by atoms with E-state index in [0.29, 0.717) is 30.4 Å². The lowest BCUT2D eigenvalue weighted by molar-refractivity contribution is 0.0696. The zero-order valence-electron chi connectivity index (χ0n) is 14.2. The van der Waals surface area contributed by atoms with Crippen LogP contribution in [0, 0.1) is 6.92 Å². The highest BCUT2D eigenvalue weighted by molar-refractivity contribution is 5.95. The van der Waals surface area contributed by atoms with Gasteiger partial charge in [-0.3, -0.25) is 0 Å². The van der Waals surface area contributed by atoms with E-state index < -0.39 is 5.97 Å². The number of carbonyl (C=O) groups is 1. The highest BCUT2D eigenvalue weighted by atomic mass is 16.4. The van der Waals surface area contributed by atoms with Crippen molar-refractivity contribution < 1.29 is 9.90 Å². The van der Waals surface area contributed by atoms with Crippen LogP contribution >= 0.6 is 0 Å². The number of carboxylic acids is 1. The van der Waals surface area contributed by atoms with E-state index in [1.54, 1.807) is 6.20 Å². The molecule has 0 atom stereocenters. The van der Waals surface area contributed by atoms with Crippen LogP contribution < -0.4 is 10.2 Å². The number of hydrogen-bond acceptors (Lipinski definition) is 6. The second kappa shape index (κ2) is 6.31. The van der Waals surface area contributed by atoms with E-state index in [9.17, 15) is 9.90 Å². The number of aromatic carboxylic acids is 1. The van der Waals surface area contributed by atoms with E-state index in [0.717, 1.165) is 42.0 Å². The molecule has 0 spiro atoms. The van der Waals surface area contributed by atoms with Crippen molar-refractivity contribution in [3.8, 4) is 0 Å². The second-order valence-electron chi connectivity index (χ2n) is 6.77. The van der Waals surface area contributed by atoms with Crippen LogP contribution in [0.4, 0.5) is 11.6 Å². The number of carboxylic acid groups (broad SMARTS) is 1. The van der Waals surface area contributed by atoms with Gasteiger partial charge in [-0.2, -0.15) is 5.10 Å². The first kappa shape index (κ1) is 15.8. The zero-order chi connectivity index (χ0) is 17.4. The van der Waals surface area contributed by atoms with Gasteiger partial charge in [0, 0.05) is 25.3 Å². The van der Waals surface area contributed by atoms with E-state index in [1.165, 1.54) is 6.42 Å². The quantitative estimate of drug-likeness (QED) is 0.884. The Labute approximate surface area is 146 Å². The molecule has 3 heterocycles. The van der Waals surface area contributed by atoms with Crippen molar-refractivity contribution in [2.75, 3.05) is 16.8 Å². The van der Waals surface area contributed by atoms with Crippen molar-refractivity contribution in [3.05, 3.63) is 40.7 Å². The summed E-state index contributed by atoms with van der Waals surface area (Å²) in [7, 11) is 0. The van der Waals surface area contributed by atoms with Crippen molar-refractivity contribution in [1.82, 2.24) is 15.2 Å². The fraction of sp³-hybridized carbons (Fsp3) is 0.444. The molecule has 0 amide bonds. The van der Waals surface area contributed by atoms with E-state index in [2.05, 4.69) is 25.4 Å². The third-order valence-corrected chi connectivity index (χ3v) is 5.04. The third-order valence-electron chi connectivity index (χ3n) is 5.04. The Morgan fingerprint density at radius 2 is 2.16 bits per heavy atom. The molecular formula is C18H21N5O2. The number of nitrogens with zero attached hydrogens (tertiary/aromatic N) is 4. The van der Waals surface area contributed by atoms with E-state index in [4.69, 9.17) is 0 Å². The summed E-state index contributed by atoms with van der Waals surface area (Å²) in [5.41, 5.74) is 3.05. The molecule has 2 aromatic rings. The molecule has 7 nitrogen and oxygen atoms in total. The first-order valence-corrected chi connectivity index (χ1v) is 8.67. The summed E-state index contributed by atoms with van der Waals surface area (Å²) < 4.78 is 0. The molecular weight excluding hydrogens is 318 g/mol. The van der Waals surface area contributed by atoms with E-state index in [-0.39, 0.29) is 0 Å². The fourth-order valence-corrected chi connectivity index (χ4v) is 3.38. The molecule has 2 aromatic heterocycles. The Kier molecular flexibility index (Phi) is 3.99. The summed E-state index contributed by atoms with van der Waals surface area (Å²) in [6.07, 6.45) is 5.82. The number of hydrogen-bond donors (Lipinski definition) is 2. The van der Waals surface area contributed by atoms with Gasteiger partial charge in [-0.25, -0.2) is 9.78 Å². The lowest BCUT2D eigenvalue weighted by Gasteiger charge is -2.32. The lowest BCUT2D eigenvalue weighted by Crippen LogP contribution is -2.34. The average molecular weight is 339 g/mol. The van der Waals surface area contributed by atoms with Crippen LogP contribution in [0.2, 0.25) is 0 Å². The maximum absolute atomic E-state index is 11.9. The smallest absolute Gasteiger partial charge is 0.339 e. The first-order valence-electron chi connectivity index (χ1n) is 8.67. The van der Waals surface area contributed by atoms with Crippen molar-refractivity contribution >= 4 is 17.6 Å². The lowest BCUT2D eigenvalue weighted by atomic mass is 9.92. The minimum atomic E-state index is -0.908. The summed E-state index contributed by atoms with van der Waals surface area (Å²) >= 11 is 0. The topological polar surface area (TPSA) is 91.2 Å². The van der Waals surface area contributed by atoms with Crippen LogP contribution in [0.1, 0.15) is 46.4 Å². The number of aromatic nitrogens is 3. The predicted octanol–water partition coefficient (Wildman–Crippen LogP) is 2.41. The van der Waals surface area contributed by atoms with Crippen LogP contribution in [0.15, 0.2) is 18.3 Å². The van der Waals surface area contributed by atoms with Crippen LogP contribution in [-0.4, -0.2) is 38.8 Å². The molecule has 1 saturated carbocycles. The maximum Gasteiger partial charge on any atom is 0.339 e. The standard InChI is InChI=1S/C18H21N5O2/c1-11-5-6-15(22-21-11)23-8-7-14-12(10-23)9-19-17(16(14)18(24)25)20-13-3-2-4-13/h5-6,9,13H,2-4,7-8,10H2,1H3,(H,19,20)(H,24,25). The van der Waals surface area contributed by atoms with Gasteiger partial charge in [-0.05, 0) is 55.9 Å². The number of rotatable bonds is 4. The number of nitrogens with one attached hydrogen (secondary N) is 1. The number of pyridine rings is 1. The van der Waals surface area contributed by atoms with Crippen LogP contribution in [0.3, 0.4) is 0 Å². The molecule has 130 valence electrons. The summed E-state index contributed by atoms with van der Waals surface area (Å²) in [6, 6.07) is 4.24. The number of aryl methyl sites for hydroxylation is 1. The average Bonchev–Trinajstić information content (AvgIpc) is 2.57. The Morgan fingerprint density at radius 1 is 1.32 bits per heavy atom. The molecule has 1 aliphatic carbocycles. The monoisotopic (exact) mass is 339 g/mol. The molecule has 0 saturated heterocycles. The second-order valence-corrected chi connectivity index (χ2v) is 6.77. The third kappa shape index (κ3) is 3.01. The highest BCUT2D eigenvalue weighted by Crippen LogP contribution is 2.31. The molecule has 0 bridgehead atoms. The van der Waals surface area contributed by atoms with Crippen molar-refractivity contribution in [1.29, 1.82) is 0 Å². The minimum absolute atomic E-state index is 0.332. The first-order chi connectivity index (χ1) is 12.1. The zero-order valence-corrected chi connectivity index (χ0v) is 14.2. The predicted molar refractivity (Wildman–Crippen MR) is 94.0 cm³/mol. The van der Waals surface area contributed by atoms with Gasteiger partial charge in [-0.15, -0.1) is 5.10 Å². The Hall–Kier alpha value is -2.70. The van der Waals surface area contributed by atoms with Crippen LogP contribution in [0.5, 0.6) is 0 Å². The molecule has 1 aliphatic heterocycles. The van der Waals surface area contributed by atoms with Crippen molar-refractivity contribution in [3.63, 3.8) is 0 Å². The highest BCUT2D eigenvalue weighted by Gasteiger charge is 2.28. The van der Waals surface area contributed by atoms with Gasteiger partial charge >= 0.3 is 5.97 Å². The summed E-state index contributed by atoms with van der Waals surface area (Å²) in [6.45, 7) is 3.23. The van der Waals surface area contributed by atoms with E-state index in [1.807, 2.05) is 19.1 Å². The van der Waals surface area contributed by atoms with Crippen LogP contribution in [-0.2, 0) is 13.0 Å². The number of anilines is 2. The van der Waals surface area contributed by atoms with E-state index >= 15 is 0 Å². The summed E-state index contributed by atoms with van der Waals surface area (Å²) in [5, 5.41) is 21.4. The van der Waals surface area contributed by atoms with Gasteiger partial charge < -0.3 is 15.3 Å². The van der Waals surface area contributed by atoms with Gasteiger partial charge in [0.15, 0.2) is 5.82 Å². The Bertz CT molecular complexity index is 802. The minimum Gasteiger partial charge on any atom is -0.478 e. The van der Waals surface area contributed by atoms with Gasteiger partial charge in [0.05, 0.1) is 5.69 Å². The molecule has 2 aliphatic rings. The normalized spacial score (nSPS) is 16.9. The molecule has 0 radical (unpaired) electrons. The largest absolute Gasteiger partial charge is 0.478 e. The molecule has 4 rings (SSSR count). The van der Waals surface area contributed by atoms with Gasteiger partial charge in [-0.1, -0.05) is 0 Å². The van der Waals surface area contributed by atoms with Crippen LogP contribution in [0.25, 0.3) is 0 Å². The fourth-order valence-electron chi connectivity index (χ4n) is 3.38. The number of fused-ring (bicyclic) bond motifs is 1. The van der Waals surface area contributed by atoms with Gasteiger partial charge in [0.1, 0.15) is 11.4 Å². The molecule has 2 N–H and O–H groups in total. The molecule has 0 aromatic carbocycles. The molecule has 1 fully saturated rings. The molecule has 7 heteroatoms. The SMILES string of the molecule is Cc1ccc(N2CCc3c(cnc(NC4CCC4)c3C(=O)O)C2)nn1. The Morgan fingerprint density at radius 3 is 2.80 bits per heavy atom. The Balaban J connectivity index is 1.63. The van der Waals surface area contributed by atoms with Gasteiger partial charge in [0.25, 0.3) is 0 Å². The van der Waals surface area contributed by atoms with Gasteiger partial charge in [0.2, 0.25) is 0 Å². The summed E-state index contributed by atoms with van der Waals surface area (Å²) in [4.78, 5) is 18.4. The van der Waals surface area contributed by atoms with Crippen molar-refractivity contribution in [2.24, 2.45) is 0 Å².